The summed E-state index contributed by atoms with van der Waals surface area (Å²) in [5.74, 6) is 0.946. The van der Waals surface area contributed by atoms with Crippen LogP contribution in [0.2, 0.25) is 0 Å². The maximum absolute atomic E-state index is 6.11. The van der Waals surface area contributed by atoms with Crippen LogP contribution in [-0.2, 0) is 0 Å². The molecule has 0 fully saturated rings. The maximum Gasteiger partial charge on any atom is 0.136 e. The Balaban J connectivity index is 2.19. The van der Waals surface area contributed by atoms with Gasteiger partial charge in [-0.15, -0.1) is 0 Å². The van der Waals surface area contributed by atoms with E-state index in [0.717, 1.165) is 17.9 Å². The zero-order valence-electron chi connectivity index (χ0n) is 10.9. The van der Waals surface area contributed by atoms with E-state index < -0.39 is 0 Å². The quantitative estimate of drug-likeness (QED) is 0.867. The highest BCUT2D eigenvalue weighted by atomic mass is 16.5. The Morgan fingerprint density at radius 2 is 1.67 bits per heavy atom. The van der Waals surface area contributed by atoms with Crippen molar-refractivity contribution >= 4 is 0 Å². The van der Waals surface area contributed by atoms with Gasteiger partial charge in [0.15, 0.2) is 0 Å². The molecule has 0 spiro atoms. The molecule has 94 valence electrons. The molecule has 0 amide bonds. The van der Waals surface area contributed by atoms with Crippen LogP contribution in [0.5, 0.6) is 5.75 Å². The molecule has 2 nitrogen and oxygen atoms in total. The molecule has 0 aliphatic heterocycles. The Hall–Kier alpha value is -1.80. The molecule has 18 heavy (non-hydrogen) atoms. The summed E-state index contributed by atoms with van der Waals surface area (Å²) in [7, 11) is 1.94. The third-order valence-electron chi connectivity index (χ3n) is 2.92. The molecule has 2 heteroatoms. The van der Waals surface area contributed by atoms with Gasteiger partial charge in [-0.2, -0.15) is 0 Å². The Bertz CT molecular complexity index is 481. The first-order chi connectivity index (χ1) is 8.81. The lowest BCUT2D eigenvalue weighted by Gasteiger charge is -2.20. The van der Waals surface area contributed by atoms with Crippen LogP contribution in [0.25, 0.3) is 0 Å². The van der Waals surface area contributed by atoms with Crippen molar-refractivity contribution in [1.29, 1.82) is 0 Å². The molecule has 1 unspecified atom stereocenters. The molecule has 0 aliphatic carbocycles. The fourth-order valence-corrected chi connectivity index (χ4v) is 1.92. The lowest BCUT2D eigenvalue weighted by atomic mass is 10.1. The molecular weight excluding hydrogens is 222 g/mol. The summed E-state index contributed by atoms with van der Waals surface area (Å²) in [6, 6.07) is 18.4. The number of likely N-dealkylation sites (N-methyl/N-ethyl adjacent to an activating group) is 1. The van der Waals surface area contributed by atoms with Crippen molar-refractivity contribution in [1.82, 2.24) is 5.32 Å². The van der Waals surface area contributed by atoms with Crippen molar-refractivity contribution in [2.45, 2.75) is 13.0 Å². The van der Waals surface area contributed by atoms with E-state index in [9.17, 15) is 0 Å². The van der Waals surface area contributed by atoms with Crippen molar-refractivity contribution in [2.75, 3.05) is 13.6 Å². The molecule has 2 aromatic carbocycles. The molecule has 0 saturated heterocycles. The summed E-state index contributed by atoms with van der Waals surface area (Å²) in [6.07, 6.45) is 0.0392. The third-order valence-corrected chi connectivity index (χ3v) is 2.92. The van der Waals surface area contributed by atoms with Crippen LogP contribution >= 0.6 is 0 Å². The minimum atomic E-state index is 0.0392. The van der Waals surface area contributed by atoms with Crippen LogP contribution in [0, 0.1) is 6.92 Å². The van der Waals surface area contributed by atoms with E-state index in [1.165, 1.54) is 5.56 Å². The van der Waals surface area contributed by atoms with Gasteiger partial charge in [0.1, 0.15) is 11.9 Å². The topological polar surface area (TPSA) is 21.3 Å². The molecule has 0 aromatic heterocycles. The zero-order valence-corrected chi connectivity index (χ0v) is 10.9. The minimum Gasteiger partial charge on any atom is -0.484 e. The Labute approximate surface area is 109 Å². The average molecular weight is 241 g/mol. The van der Waals surface area contributed by atoms with Crippen LogP contribution in [0.1, 0.15) is 17.2 Å². The van der Waals surface area contributed by atoms with Gasteiger partial charge in [0.25, 0.3) is 0 Å². The molecular formula is C16H19NO. The molecule has 1 atom stereocenters. The van der Waals surface area contributed by atoms with E-state index in [1.54, 1.807) is 0 Å². The zero-order chi connectivity index (χ0) is 12.8. The lowest BCUT2D eigenvalue weighted by Crippen LogP contribution is -2.22. The fourth-order valence-electron chi connectivity index (χ4n) is 1.92. The van der Waals surface area contributed by atoms with Gasteiger partial charge in [0.2, 0.25) is 0 Å². The van der Waals surface area contributed by atoms with Crippen molar-refractivity contribution < 1.29 is 4.74 Å². The maximum atomic E-state index is 6.11. The van der Waals surface area contributed by atoms with E-state index in [-0.39, 0.29) is 6.10 Å². The van der Waals surface area contributed by atoms with Crippen molar-refractivity contribution in [3.05, 3.63) is 65.7 Å². The summed E-state index contributed by atoms with van der Waals surface area (Å²) in [4.78, 5) is 0. The van der Waals surface area contributed by atoms with Crippen molar-refractivity contribution in [2.24, 2.45) is 0 Å². The number of hydrogen-bond acceptors (Lipinski definition) is 2. The number of rotatable bonds is 5. The van der Waals surface area contributed by atoms with E-state index in [4.69, 9.17) is 4.74 Å². The molecule has 0 radical (unpaired) electrons. The largest absolute Gasteiger partial charge is 0.484 e. The highest BCUT2D eigenvalue weighted by Gasteiger charge is 2.12. The highest BCUT2D eigenvalue weighted by molar-refractivity contribution is 5.33. The monoisotopic (exact) mass is 241 g/mol. The second kappa shape index (κ2) is 6.22. The lowest BCUT2D eigenvalue weighted by molar-refractivity contribution is 0.203. The van der Waals surface area contributed by atoms with Gasteiger partial charge in [0.05, 0.1) is 0 Å². The van der Waals surface area contributed by atoms with E-state index in [2.05, 4.69) is 30.4 Å². The molecule has 0 bridgehead atoms. The molecule has 0 aliphatic rings. The van der Waals surface area contributed by atoms with Gasteiger partial charge < -0.3 is 10.1 Å². The SMILES string of the molecule is CNCC(Oc1ccccc1C)c1ccccc1. The number of hydrogen-bond donors (Lipinski definition) is 1. The predicted octanol–water partition coefficient (Wildman–Crippen LogP) is 3.33. The molecule has 2 aromatic rings. The van der Waals surface area contributed by atoms with E-state index >= 15 is 0 Å². The number of aryl methyl sites for hydroxylation is 1. The summed E-state index contributed by atoms with van der Waals surface area (Å²) in [6.45, 7) is 2.86. The molecule has 2 rings (SSSR count). The molecule has 0 heterocycles. The second-order valence-electron chi connectivity index (χ2n) is 4.34. The molecule has 0 saturated carbocycles. The van der Waals surface area contributed by atoms with Gasteiger partial charge in [-0.3, -0.25) is 0 Å². The van der Waals surface area contributed by atoms with Crippen LogP contribution in [0.4, 0.5) is 0 Å². The second-order valence-corrected chi connectivity index (χ2v) is 4.34. The summed E-state index contributed by atoms with van der Waals surface area (Å²) in [5.41, 5.74) is 2.35. The van der Waals surface area contributed by atoms with Crippen LogP contribution in [-0.4, -0.2) is 13.6 Å². The third kappa shape index (κ3) is 3.11. The van der Waals surface area contributed by atoms with Gasteiger partial charge in [0, 0.05) is 6.54 Å². The van der Waals surface area contributed by atoms with Crippen LogP contribution in [0.15, 0.2) is 54.6 Å². The number of ether oxygens (including phenoxy) is 1. The van der Waals surface area contributed by atoms with E-state index in [1.807, 2.05) is 43.4 Å². The van der Waals surface area contributed by atoms with Gasteiger partial charge >= 0.3 is 0 Å². The number of benzene rings is 2. The number of nitrogens with one attached hydrogen (secondary N) is 1. The smallest absolute Gasteiger partial charge is 0.136 e. The normalized spacial score (nSPS) is 12.1. The van der Waals surface area contributed by atoms with Crippen molar-refractivity contribution in [3.8, 4) is 5.75 Å². The summed E-state index contributed by atoms with van der Waals surface area (Å²) < 4.78 is 6.11. The van der Waals surface area contributed by atoms with Gasteiger partial charge in [-0.05, 0) is 31.2 Å². The van der Waals surface area contributed by atoms with Crippen LogP contribution in [0.3, 0.4) is 0 Å². The minimum absolute atomic E-state index is 0.0392. The van der Waals surface area contributed by atoms with Crippen molar-refractivity contribution in [3.63, 3.8) is 0 Å². The first-order valence-electron chi connectivity index (χ1n) is 6.23. The highest BCUT2D eigenvalue weighted by Crippen LogP contribution is 2.24. The summed E-state index contributed by atoms with van der Waals surface area (Å²) in [5, 5.41) is 3.18. The Kier molecular flexibility index (Phi) is 4.37. The first kappa shape index (κ1) is 12.7. The standard InChI is InChI=1S/C16H19NO/c1-13-8-6-7-11-15(13)18-16(12-17-2)14-9-4-3-5-10-14/h3-11,16-17H,12H2,1-2H3. The predicted molar refractivity (Wildman–Crippen MR) is 74.9 cm³/mol. The Morgan fingerprint density at radius 1 is 1.00 bits per heavy atom. The number of para-hydroxylation sites is 1. The van der Waals surface area contributed by atoms with Gasteiger partial charge in [-0.1, -0.05) is 48.5 Å². The molecule has 1 N–H and O–H groups in total. The van der Waals surface area contributed by atoms with E-state index in [0.29, 0.717) is 0 Å². The average Bonchev–Trinajstić information content (AvgIpc) is 2.42. The fraction of sp³-hybridized carbons (Fsp3) is 0.250. The van der Waals surface area contributed by atoms with Gasteiger partial charge in [-0.25, -0.2) is 0 Å². The summed E-state index contributed by atoms with van der Waals surface area (Å²) >= 11 is 0. The Morgan fingerprint density at radius 3 is 2.33 bits per heavy atom. The first-order valence-corrected chi connectivity index (χ1v) is 6.23. The van der Waals surface area contributed by atoms with Crippen LogP contribution < -0.4 is 10.1 Å².